The number of nitrogens with zero attached hydrogens (tertiary/aromatic N) is 2. The first-order chi connectivity index (χ1) is 13.5. The fourth-order valence-electron chi connectivity index (χ4n) is 3.61. The van der Waals surface area contributed by atoms with E-state index in [9.17, 15) is 9.59 Å². The molecule has 1 aliphatic carbocycles. The van der Waals surface area contributed by atoms with Crippen LogP contribution >= 0.6 is 0 Å². The zero-order valence-corrected chi connectivity index (χ0v) is 16.1. The second kappa shape index (κ2) is 7.08. The molecule has 1 saturated carbocycles. The summed E-state index contributed by atoms with van der Waals surface area (Å²) < 4.78 is 0. The van der Waals surface area contributed by atoms with Gasteiger partial charge >= 0.3 is 0 Å². The van der Waals surface area contributed by atoms with E-state index >= 15 is 0 Å². The third-order valence-corrected chi connectivity index (χ3v) is 5.35. The van der Waals surface area contributed by atoms with Crippen LogP contribution in [0.25, 0.3) is 10.9 Å². The summed E-state index contributed by atoms with van der Waals surface area (Å²) >= 11 is 0. The smallest absolute Gasteiger partial charge is 0.242 e. The van der Waals surface area contributed by atoms with E-state index in [-0.39, 0.29) is 11.8 Å². The van der Waals surface area contributed by atoms with Crippen LogP contribution < -0.4 is 10.2 Å². The molecule has 3 aromatic rings. The minimum Gasteiger partial charge on any atom is -0.323 e. The summed E-state index contributed by atoms with van der Waals surface area (Å²) in [4.78, 5) is 32.5. The topological polar surface area (TPSA) is 62.3 Å². The molecule has 0 radical (unpaired) electrons. The van der Waals surface area contributed by atoms with Gasteiger partial charge in [0.1, 0.15) is 5.41 Å². The van der Waals surface area contributed by atoms with Crippen molar-refractivity contribution in [3.8, 4) is 0 Å². The summed E-state index contributed by atoms with van der Waals surface area (Å²) in [5.74, 6) is -0.381. The van der Waals surface area contributed by atoms with E-state index in [2.05, 4.69) is 10.3 Å². The highest BCUT2D eigenvalue weighted by atomic mass is 16.2. The molecule has 0 saturated heterocycles. The number of aryl methyl sites for hydroxylation is 1. The first-order valence-electron chi connectivity index (χ1n) is 9.59. The first-order valence-corrected chi connectivity index (χ1v) is 9.59. The SMILES string of the molecule is CCN(C(=O)C1(C(=O)Nc2cccc3cccnc23)CC1)c1cccc(C)c1. The van der Waals surface area contributed by atoms with Crippen LogP contribution in [0.4, 0.5) is 11.4 Å². The lowest BCUT2D eigenvalue weighted by Crippen LogP contribution is -2.43. The van der Waals surface area contributed by atoms with Crippen LogP contribution in [0.3, 0.4) is 0 Å². The molecule has 0 unspecified atom stereocenters. The Balaban J connectivity index is 1.60. The second-order valence-corrected chi connectivity index (χ2v) is 7.31. The van der Waals surface area contributed by atoms with Gasteiger partial charge in [0.2, 0.25) is 11.8 Å². The average Bonchev–Trinajstić information content (AvgIpc) is 3.51. The van der Waals surface area contributed by atoms with Crippen molar-refractivity contribution in [1.29, 1.82) is 0 Å². The van der Waals surface area contributed by atoms with Crippen molar-refractivity contribution in [3.05, 3.63) is 66.4 Å². The fraction of sp³-hybridized carbons (Fsp3) is 0.261. The van der Waals surface area contributed by atoms with E-state index in [0.717, 1.165) is 22.2 Å². The quantitative estimate of drug-likeness (QED) is 0.678. The zero-order valence-electron chi connectivity index (χ0n) is 16.1. The maximum Gasteiger partial charge on any atom is 0.242 e. The van der Waals surface area contributed by atoms with Gasteiger partial charge in [-0.1, -0.05) is 30.3 Å². The average molecular weight is 373 g/mol. The van der Waals surface area contributed by atoms with E-state index in [1.54, 1.807) is 11.1 Å². The number of pyridine rings is 1. The van der Waals surface area contributed by atoms with E-state index in [4.69, 9.17) is 0 Å². The number of aromatic nitrogens is 1. The number of para-hydroxylation sites is 1. The summed E-state index contributed by atoms with van der Waals surface area (Å²) in [6.45, 7) is 4.45. The van der Waals surface area contributed by atoms with Gasteiger partial charge in [-0.25, -0.2) is 0 Å². The second-order valence-electron chi connectivity index (χ2n) is 7.31. The molecule has 1 N–H and O–H groups in total. The van der Waals surface area contributed by atoms with Gasteiger partial charge in [-0.05, 0) is 56.5 Å². The Labute approximate surface area is 164 Å². The summed E-state index contributed by atoms with van der Waals surface area (Å²) in [5.41, 5.74) is 2.29. The van der Waals surface area contributed by atoms with Crippen LogP contribution in [0.15, 0.2) is 60.8 Å². The maximum atomic E-state index is 13.3. The standard InChI is InChI=1S/C23H23N3O2/c1-3-26(18-10-4-7-16(2)15-18)22(28)23(12-13-23)21(27)25-19-11-5-8-17-9-6-14-24-20(17)19/h4-11,14-15H,3,12-13H2,1-2H3,(H,25,27). The lowest BCUT2D eigenvalue weighted by molar-refractivity contribution is -0.132. The van der Waals surface area contributed by atoms with Crippen molar-refractivity contribution in [2.45, 2.75) is 26.7 Å². The van der Waals surface area contributed by atoms with Crippen molar-refractivity contribution in [3.63, 3.8) is 0 Å². The normalized spacial score (nSPS) is 14.5. The molecule has 4 rings (SSSR count). The number of hydrogen-bond donors (Lipinski definition) is 1. The number of carbonyl (C=O) groups is 2. The van der Waals surface area contributed by atoms with Gasteiger partial charge in [-0.15, -0.1) is 0 Å². The number of rotatable bonds is 5. The monoisotopic (exact) mass is 373 g/mol. The molecule has 28 heavy (non-hydrogen) atoms. The lowest BCUT2D eigenvalue weighted by Gasteiger charge is -2.26. The third kappa shape index (κ3) is 3.13. The third-order valence-electron chi connectivity index (χ3n) is 5.35. The van der Waals surface area contributed by atoms with Crippen LogP contribution in [0, 0.1) is 12.3 Å². The van der Waals surface area contributed by atoms with Gasteiger partial charge in [0, 0.05) is 23.8 Å². The van der Waals surface area contributed by atoms with E-state index in [0.29, 0.717) is 25.1 Å². The predicted octanol–water partition coefficient (Wildman–Crippen LogP) is 4.32. The van der Waals surface area contributed by atoms with E-state index in [1.165, 1.54) is 0 Å². The van der Waals surface area contributed by atoms with Crippen LogP contribution in [0.1, 0.15) is 25.3 Å². The predicted molar refractivity (Wildman–Crippen MR) is 111 cm³/mol. The molecule has 0 atom stereocenters. The molecular weight excluding hydrogens is 350 g/mol. The van der Waals surface area contributed by atoms with Crippen LogP contribution in [-0.4, -0.2) is 23.3 Å². The van der Waals surface area contributed by atoms with Crippen molar-refractivity contribution >= 4 is 34.1 Å². The minimum atomic E-state index is -0.989. The Bertz CT molecular complexity index is 1050. The number of amides is 2. The Morgan fingerprint density at radius 1 is 1.11 bits per heavy atom. The molecule has 0 spiro atoms. The Hall–Kier alpha value is -3.21. The van der Waals surface area contributed by atoms with Gasteiger partial charge in [-0.2, -0.15) is 0 Å². The molecule has 0 aliphatic heterocycles. The van der Waals surface area contributed by atoms with Crippen LogP contribution in [0.2, 0.25) is 0 Å². The lowest BCUT2D eigenvalue weighted by atomic mass is 10.0. The largest absolute Gasteiger partial charge is 0.323 e. The number of nitrogens with one attached hydrogen (secondary N) is 1. The van der Waals surface area contributed by atoms with Gasteiger partial charge in [0.25, 0.3) is 0 Å². The molecule has 2 aromatic carbocycles. The molecular formula is C23H23N3O2. The Morgan fingerprint density at radius 3 is 2.57 bits per heavy atom. The Kier molecular flexibility index (Phi) is 4.59. The summed E-state index contributed by atoms with van der Waals surface area (Å²) in [6, 6.07) is 17.3. The molecule has 5 nitrogen and oxygen atoms in total. The molecule has 1 fully saturated rings. The molecule has 0 bridgehead atoms. The van der Waals surface area contributed by atoms with Gasteiger partial charge < -0.3 is 10.2 Å². The summed E-state index contributed by atoms with van der Waals surface area (Å²) in [7, 11) is 0. The Morgan fingerprint density at radius 2 is 1.86 bits per heavy atom. The maximum absolute atomic E-state index is 13.3. The zero-order chi connectivity index (χ0) is 19.7. The first kappa shape index (κ1) is 18.2. The minimum absolute atomic E-state index is 0.133. The van der Waals surface area contributed by atoms with Crippen LogP contribution in [0.5, 0.6) is 0 Å². The van der Waals surface area contributed by atoms with E-state index in [1.807, 2.05) is 68.4 Å². The highest BCUT2D eigenvalue weighted by molar-refractivity contribution is 6.18. The summed E-state index contributed by atoms with van der Waals surface area (Å²) in [6.07, 6.45) is 2.84. The molecule has 5 heteroatoms. The molecule has 142 valence electrons. The highest BCUT2D eigenvalue weighted by Gasteiger charge is 2.58. The molecule has 1 aromatic heterocycles. The van der Waals surface area contributed by atoms with Gasteiger partial charge in [0.15, 0.2) is 0 Å². The molecule has 2 amide bonds. The van der Waals surface area contributed by atoms with Crippen molar-refractivity contribution in [1.82, 2.24) is 4.98 Å². The molecule has 1 aliphatic rings. The van der Waals surface area contributed by atoms with Gasteiger partial charge in [0.05, 0.1) is 11.2 Å². The molecule has 1 heterocycles. The van der Waals surface area contributed by atoms with E-state index < -0.39 is 5.41 Å². The van der Waals surface area contributed by atoms with Crippen molar-refractivity contribution in [2.24, 2.45) is 5.41 Å². The van der Waals surface area contributed by atoms with Crippen molar-refractivity contribution < 1.29 is 9.59 Å². The summed E-state index contributed by atoms with van der Waals surface area (Å²) in [5, 5.41) is 3.91. The number of anilines is 2. The number of fused-ring (bicyclic) bond motifs is 1. The highest BCUT2D eigenvalue weighted by Crippen LogP contribution is 2.49. The fourth-order valence-corrected chi connectivity index (χ4v) is 3.61. The van der Waals surface area contributed by atoms with Gasteiger partial charge in [-0.3, -0.25) is 14.6 Å². The number of benzene rings is 2. The number of hydrogen-bond acceptors (Lipinski definition) is 3. The van der Waals surface area contributed by atoms with Crippen molar-refractivity contribution in [2.75, 3.05) is 16.8 Å². The van der Waals surface area contributed by atoms with Crippen LogP contribution in [-0.2, 0) is 9.59 Å². The number of carbonyl (C=O) groups excluding carboxylic acids is 2.